The quantitative estimate of drug-likeness (QED) is 0.803. The molecule has 24 heavy (non-hydrogen) atoms. The molecule has 2 fully saturated rings. The number of fused-ring (bicyclic) bond motifs is 1. The fourth-order valence-electron chi connectivity index (χ4n) is 3.76. The standard InChI is InChI=1S/C17H26N4O3/c1-20-8-7-14-16(20)17(23)19-10-12(21(14)2)5-6-15(22)18-11-13-4-3-9-24-13/h3-4,9,12,14,16H,5-8,10-11H2,1-2H3,(H,18,22)(H,19,23)/t12-,14-,16-/m0/s1. The first-order valence-electron chi connectivity index (χ1n) is 8.55. The van der Waals surface area contributed by atoms with Gasteiger partial charge in [0.05, 0.1) is 12.8 Å². The second kappa shape index (κ2) is 7.36. The molecule has 0 radical (unpaired) electrons. The van der Waals surface area contributed by atoms with Crippen LogP contribution in [0, 0.1) is 0 Å². The summed E-state index contributed by atoms with van der Waals surface area (Å²) in [5.74, 6) is 0.867. The van der Waals surface area contributed by atoms with Crippen molar-refractivity contribution in [3.63, 3.8) is 0 Å². The molecule has 0 aromatic carbocycles. The molecule has 1 aromatic rings. The van der Waals surface area contributed by atoms with Gasteiger partial charge in [-0.1, -0.05) is 0 Å². The summed E-state index contributed by atoms with van der Waals surface area (Å²) in [5, 5.41) is 5.91. The number of likely N-dealkylation sites (tertiary alicyclic amines) is 1. The SMILES string of the molecule is CN1CC[C@H]2[C@H]1C(=O)NC[C@H](CCC(=O)NCc1ccco1)N2C. The molecule has 0 saturated carbocycles. The molecule has 3 heterocycles. The van der Waals surface area contributed by atoms with Gasteiger partial charge < -0.3 is 15.1 Å². The van der Waals surface area contributed by atoms with Crippen molar-refractivity contribution in [3.05, 3.63) is 24.2 Å². The Labute approximate surface area is 142 Å². The fourth-order valence-corrected chi connectivity index (χ4v) is 3.76. The van der Waals surface area contributed by atoms with E-state index in [0.717, 1.165) is 25.1 Å². The number of likely N-dealkylation sites (N-methyl/N-ethyl adjacent to an activating group) is 2. The van der Waals surface area contributed by atoms with E-state index in [1.165, 1.54) is 0 Å². The highest BCUT2D eigenvalue weighted by molar-refractivity contribution is 5.83. The summed E-state index contributed by atoms with van der Waals surface area (Å²) in [6.45, 7) is 1.95. The Hall–Kier alpha value is -1.86. The van der Waals surface area contributed by atoms with Crippen molar-refractivity contribution in [2.75, 3.05) is 27.2 Å². The number of rotatable bonds is 5. The van der Waals surface area contributed by atoms with E-state index in [1.807, 2.05) is 13.1 Å². The summed E-state index contributed by atoms with van der Waals surface area (Å²) in [4.78, 5) is 28.8. The third-order valence-corrected chi connectivity index (χ3v) is 5.24. The maximum atomic E-state index is 12.3. The summed E-state index contributed by atoms with van der Waals surface area (Å²) < 4.78 is 5.21. The molecule has 132 valence electrons. The maximum Gasteiger partial charge on any atom is 0.239 e. The molecule has 7 nitrogen and oxygen atoms in total. The van der Waals surface area contributed by atoms with Crippen LogP contribution in [0.5, 0.6) is 0 Å². The Morgan fingerprint density at radius 3 is 3.04 bits per heavy atom. The third-order valence-electron chi connectivity index (χ3n) is 5.24. The van der Waals surface area contributed by atoms with Gasteiger partial charge in [-0.05, 0) is 39.1 Å². The molecule has 2 aliphatic rings. The zero-order valence-electron chi connectivity index (χ0n) is 14.3. The minimum atomic E-state index is -0.0761. The van der Waals surface area contributed by atoms with Crippen molar-refractivity contribution in [1.29, 1.82) is 0 Å². The molecule has 1 aromatic heterocycles. The molecule has 0 unspecified atom stereocenters. The van der Waals surface area contributed by atoms with Crippen LogP contribution < -0.4 is 10.6 Å². The van der Waals surface area contributed by atoms with Crippen molar-refractivity contribution in [3.8, 4) is 0 Å². The first kappa shape index (κ1) is 17.0. The van der Waals surface area contributed by atoms with Crippen LogP contribution in [0.15, 0.2) is 22.8 Å². The normalized spacial score (nSPS) is 28.2. The maximum absolute atomic E-state index is 12.3. The van der Waals surface area contributed by atoms with Crippen LogP contribution in [-0.2, 0) is 16.1 Å². The van der Waals surface area contributed by atoms with E-state index in [2.05, 4.69) is 27.5 Å². The first-order chi connectivity index (χ1) is 11.6. The number of hydrogen-bond acceptors (Lipinski definition) is 5. The van der Waals surface area contributed by atoms with Crippen molar-refractivity contribution >= 4 is 11.8 Å². The van der Waals surface area contributed by atoms with Crippen LogP contribution in [0.4, 0.5) is 0 Å². The van der Waals surface area contributed by atoms with Crippen LogP contribution in [-0.4, -0.2) is 66.9 Å². The highest BCUT2D eigenvalue weighted by Gasteiger charge is 2.43. The monoisotopic (exact) mass is 334 g/mol. The summed E-state index contributed by atoms with van der Waals surface area (Å²) >= 11 is 0. The van der Waals surface area contributed by atoms with Crippen LogP contribution in [0.2, 0.25) is 0 Å². The molecule has 2 amide bonds. The molecular weight excluding hydrogens is 308 g/mol. The molecular formula is C17H26N4O3. The average Bonchev–Trinajstić information content (AvgIpc) is 3.19. The van der Waals surface area contributed by atoms with Crippen molar-refractivity contribution < 1.29 is 14.0 Å². The van der Waals surface area contributed by atoms with E-state index in [4.69, 9.17) is 4.42 Å². The zero-order valence-corrected chi connectivity index (χ0v) is 14.3. The summed E-state index contributed by atoms with van der Waals surface area (Å²) in [7, 11) is 4.07. The van der Waals surface area contributed by atoms with Crippen molar-refractivity contribution in [2.45, 2.75) is 43.9 Å². The van der Waals surface area contributed by atoms with E-state index < -0.39 is 0 Å². The number of nitrogens with zero attached hydrogens (tertiary/aromatic N) is 2. The van der Waals surface area contributed by atoms with Crippen molar-refractivity contribution in [2.24, 2.45) is 0 Å². The number of amides is 2. The predicted octanol–water partition coefficient (Wildman–Crippen LogP) is 0.179. The van der Waals surface area contributed by atoms with Gasteiger partial charge in [0.1, 0.15) is 11.8 Å². The number of hydrogen-bond donors (Lipinski definition) is 2. The van der Waals surface area contributed by atoms with Crippen molar-refractivity contribution in [1.82, 2.24) is 20.4 Å². The molecule has 2 aliphatic heterocycles. The number of furan rings is 1. The van der Waals surface area contributed by atoms with Gasteiger partial charge >= 0.3 is 0 Å². The number of carbonyl (C=O) groups excluding carboxylic acids is 2. The average molecular weight is 334 g/mol. The first-order valence-corrected chi connectivity index (χ1v) is 8.55. The summed E-state index contributed by atoms with van der Waals surface area (Å²) in [6.07, 6.45) is 3.76. The van der Waals surface area contributed by atoms with Gasteiger partial charge in [0.2, 0.25) is 11.8 Å². The highest BCUT2D eigenvalue weighted by Crippen LogP contribution is 2.25. The Kier molecular flexibility index (Phi) is 5.20. The molecule has 3 rings (SSSR count). The van der Waals surface area contributed by atoms with Crippen LogP contribution in [0.1, 0.15) is 25.0 Å². The van der Waals surface area contributed by atoms with Gasteiger partial charge in [-0.25, -0.2) is 0 Å². The molecule has 2 N–H and O–H groups in total. The van der Waals surface area contributed by atoms with Gasteiger partial charge in [-0.15, -0.1) is 0 Å². The Morgan fingerprint density at radius 1 is 1.46 bits per heavy atom. The van der Waals surface area contributed by atoms with Crippen LogP contribution >= 0.6 is 0 Å². The van der Waals surface area contributed by atoms with Gasteiger partial charge in [-0.2, -0.15) is 0 Å². The molecule has 0 spiro atoms. The number of carbonyl (C=O) groups is 2. The molecule has 3 atom stereocenters. The lowest BCUT2D eigenvalue weighted by Gasteiger charge is -2.32. The van der Waals surface area contributed by atoms with Crippen LogP contribution in [0.3, 0.4) is 0 Å². The van der Waals surface area contributed by atoms with Gasteiger partial charge in [0, 0.05) is 31.6 Å². The van der Waals surface area contributed by atoms with Gasteiger partial charge in [-0.3, -0.25) is 19.4 Å². The molecule has 0 bridgehead atoms. The molecule has 7 heteroatoms. The van der Waals surface area contributed by atoms with E-state index >= 15 is 0 Å². The molecule has 2 saturated heterocycles. The lowest BCUT2D eigenvalue weighted by atomic mass is 10.0. The topological polar surface area (TPSA) is 77.8 Å². The second-order valence-corrected chi connectivity index (χ2v) is 6.74. The Balaban J connectivity index is 1.51. The van der Waals surface area contributed by atoms with Gasteiger partial charge in [0.25, 0.3) is 0 Å². The summed E-state index contributed by atoms with van der Waals surface area (Å²) in [6, 6.07) is 3.98. The Bertz CT molecular complexity index is 574. The summed E-state index contributed by atoms with van der Waals surface area (Å²) in [5.41, 5.74) is 0. The van der Waals surface area contributed by atoms with E-state index in [1.54, 1.807) is 12.3 Å². The lowest BCUT2D eigenvalue weighted by molar-refractivity contribution is -0.125. The zero-order chi connectivity index (χ0) is 17.1. The molecule has 0 aliphatic carbocycles. The van der Waals surface area contributed by atoms with E-state index in [0.29, 0.717) is 19.5 Å². The predicted molar refractivity (Wildman–Crippen MR) is 89.2 cm³/mol. The largest absolute Gasteiger partial charge is 0.467 e. The lowest BCUT2D eigenvalue weighted by Crippen LogP contribution is -2.48. The van der Waals surface area contributed by atoms with E-state index in [-0.39, 0.29) is 29.9 Å². The second-order valence-electron chi connectivity index (χ2n) is 6.74. The fraction of sp³-hybridized carbons (Fsp3) is 0.647. The van der Waals surface area contributed by atoms with E-state index in [9.17, 15) is 9.59 Å². The third kappa shape index (κ3) is 3.62. The highest BCUT2D eigenvalue weighted by atomic mass is 16.3. The van der Waals surface area contributed by atoms with Crippen LogP contribution in [0.25, 0.3) is 0 Å². The smallest absolute Gasteiger partial charge is 0.239 e. The van der Waals surface area contributed by atoms with Gasteiger partial charge in [0.15, 0.2) is 0 Å². The Morgan fingerprint density at radius 2 is 2.29 bits per heavy atom. The minimum absolute atomic E-state index is 0.00969. The number of nitrogens with one attached hydrogen (secondary N) is 2. The minimum Gasteiger partial charge on any atom is -0.467 e.